The second kappa shape index (κ2) is 6.19. The average molecular weight is 360 g/mol. The van der Waals surface area contributed by atoms with E-state index in [1.54, 1.807) is 19.1 Å². The predicted octanol–water partition coefficient (Wildman–Crippen LogP) is 3.95. The van der Waals surface area contributed by atoms with Crippen molar-refractivity contribution in [2.45, 2.75) is 13.5 Å². The summed E-state index contributed by atoms with van der Waals surface area (Å²) in [6.07, 6.45) is 0. The van der Waals surface area contributed by atoms with Gasteiger partial charge in [-0.1, -0.05) is 18.2 Å². The summed E-state index contributed by atoms with van der Waals surface area (Å²) in [5.74, 6) is 0.724. The Morgan fingerprint density at radius 1 is 1.18 bits per heavy atom. The quantitative estimate of drug-likeness (QED) is 0.706. The maximum atomic E-state index is 12.1. The molecular formula is C16H12BrN2O3. The largest absolute Gasteiger partial charge is 0.452 e. The minimum absolute atomic E-state index is 0.157. The minimum Gasteiger partial charge on any atom is -0.452 e. The van der Waals surface area contributed by atoms with Crippen molar-refractivity contribution < 1.29 is 13.6 Å². The van der Waals surface area contributed by atoms with Crippen LogP contribution in [0.2, 0.25) is 0 Å². The Hall–Kier alpha value is -2.34. The number of hydrogen-bond donors (Lipinski definition) is 0. The maximum absolute atomic E-state index is 12.1. The van der Waals surface area contributed by atoms with Crippen molar-refractivity contribution in [2.75, 3.05) is 0 Å². The number of nitrogens with zero attached hydrogens (tertiary/aromatic N) is 2. The molecule has 0 bridgehead atoms. The third-order valence-electron chi connectivity index (χ3n) is 3.02. The molecule has 3 rings (SSSR count). The van der Waals surface area contributed by atoms with Crippen molar-refractivity contribution in [3.63, 3.8) is 0 Å². The Morgan fingerprint density at radius 3 is 2.64 bits per heavy atom. The molecular weight excluding hydrogens is 348 g/mol. The zero-order valence-corrected chi connectivity index (χ0v) is 13.3. The molecule has 0 fully saturated rings. The van der Waals surface area contributed by atoms with Gasteiger partial charge in [0.25, 0.3) is 0 Å². The Balaban J connectivity index is 1.74. The summed E-state index contributed by atoms with van der Waals surface area (Å²) in [5.41, 5.74) is 1.34. The molecule has 0 atom stereocenters. The molecule has 0 aliphatic heterocycles. The highest BCUT2D eigenvalue weighted by Gasteiger charge is 2.19. The predicted molar refractivity (Wildman–Crippen MR) is 83.3 cm³/mol. The van der Waals surface area contributed by atoms with E-state index in [1.165, 1.54) is 0 Å². The second-order valence-electron chi connectivity index (χ2n) is 4.63. The molecule has 0 aliphatic carbocycles. The first-order valence-electron chi connectivity index (χ1n) is 6.62. The van der Waals surface area contributed by atoms with Crippen LogP contribution in [0.1, 0.15) is 22.0 Å². The van der Waals surface area contributed by atoms with Gasteiger partial charge in [0.2, 0.25) is 11.7 Å². The molecule has 1 aromatic carbocycles. The first-order valence-corrected chi connectivity index (χ1v) is 7.41. The van der Waals surface area contributed by atoms with E-state index in [0.29, 0.717) is 22.0 Å². The molecule has 0 saturated heterocycles. The van der Waals surface area contributed by atoms with E-state index >= 15 is 0 Å². The van der Waals surface area contributed by atoms with Gasteiger partial charge < -0.3 is 8.83 Å². The summed E-state index contributed by atoms with van der Waals surface area (Å²) < 4.78 is 11.5. The van der Waals surface area contributed by atoms with Gasteiger partial charge in [-0.2, -0.15) is 0 Å². The third-order valence-corrected chi connectivity index (χ3v) is 3.45. The average Bonchev–Trinajstić information content (AvgIpc) is 3.12. The Kier molecular flexibility index (Phi) is 4.11. The van der Waals surface area contributed by atoms with Crippen molar-refractivity contribution in [3.8, 4) is 11.5 Å². The van der Waals surface area contributed by atoms with E-state index in [1.807, 2.05) is 30.3 Å². The van der Waals surface area contributed by atoms with Gasteiger partial charge in [-0.3, -0.25) is 4.79 Å². The molecule has 2 heterocycles. The van der Waals surface area contributed by atoms with Crippen LogP contribution < -0.4 is 5.32 Å². The number of furan rings is 1. The molecule has 0 saturated carbocycles. The van der Waals surface area contributed by atoms with Gasteiger partial charge in [-0.25, -0.2) is 10.3 Å². The summed E-state index contributed by atoms with van der Waals surface area (Å²) in [6.45, 7) is 1.88. The van der Waals surface area contributed by atoms with Gasteiger partial charge in [-0.15, -0.1) is 0 Å². The van der Waals surface area contributed by atoms with Crippen LogP contribution >= 0.6 is 15.9 Å². The Morgan fingerprint density at radius 2 is 1.95 bits per heavy atom. The molecule has 5 nitrogen and oxygen atoms in total. The number of halogens is 1. The first-order chi connectivity index (χ1) is 10.6. The van der Waals surface area contributed by atoms with E-state index < -0.39 is 5.91 Å². The minimum atomic E-state index is -0.445. The number of carbonyl (C=O) groups excluding carboxylic acids is 1. The fourth-order valence-electron chi connectivity index (χ4n) is 1.96. The number of carbonyl (C=O) groups is 1. The fraction of sp³-hybridized carbons (Fsp3) is 0.125. The van der Waals surface area contributed by atoms with Crippen LogP contribution in [0.25, 0.3) is 11.5 Å². The lowest BCUT2D eigenvalue weighted by Gasteiger charge is -1.97. The van der Waals surface area contributed by atoms with Crippen LogP contribution in [0.15, 0.2) is 56.0 Å². The molecule has 0 spiro atoms. The maximum Gasteiger partial charge on any atom is 0.310 e. The number of benzene rings is 1. The zero-order valence-electron chi connectivity index (χ0n) is 11.7. The van der Waals surface area contributed by atoms with Crippen LogP contribution in [-0.2, 0) is 6.54 Å². The lowest BCUT2D eigenvalue weighted by atomic mass is 10.2. The van der Waals surface area contributed by atoms with E-state index in [2.05, 4.69) is 26.2 Å². The van der Waals surface area contributed by atoms with Crippen molar-refractivity contribution >= 4 is 21.8 Å². The summed E-state index contributed by atoms with van der Waals surface area (Å²) in [4.78, 5) is 16.4. The molecule has 1 radical (unpaired) electrons. The molecule has 3 aromatic rings. The third kappa shape index (κ3) is 3.12. The molecule has 6 heteroatoms. The molecule has 111 valence electrons. The summed E-state index contributed by atoms with van der Waals surface area (Å²) >= 11 is 3.20. The smallest absolute Gasteiger partial charge is 0.310 e. The number of rotatable bonds is 4. The Labute approximate surface area is 135 Å². The normalized spacial score (nSPS) is 10.6. The summed E-state index contributed by atoms with van der Waals surface area (Å²) in [7, 11) is 0. The van der Waals surface area contributed by atoms with Crippen LogP contribution in [0.4, 0.5) is 0 Å². The standard InChI is InChI=1S/C16H12BrN2O3/c1-10-14(15(20)18-9-12-7-8-13(17)21-12)22-16(19-10)11-5-3-2-4-6-11/h2-8H,9H2,1H3. The van der Waals surface area contributed by atoms with E-state index in [9.17, 15) is 4.79 Å². The van der Waals surface area contributed by atoms with Crippen molar-refractivity contribution in [2.24, 2.45) is 0 Å². The molecule has 0 aliphatic rings. The SMILES string of the molecule is Cc1nc(-c2ccccc2)oc1C(=O)[N]Cc1ccc(Br)o1. The van der Waals surface area contributed by atoms with E-state index in [4.69, 9.17) is 8.83 Å². The van der Waals surface area contributed by atoms with Crippen molar-refractivity contribution in [1.82, 2.24) is 10.3 Å². The number of aryl methyl sites for hydroxylation is 1. The number of oxazole rings is 1. The van der Waals surface area contributed by atoms with E-state index in [0.717, 1.165) is 5.56 Å². The van der Waals surface area contributed by atoms with Crippen molar-refractivity contribution in [1.29, 1.82) is 0 Å². The number of aromatic nitrogens is 1. The highest BCUT2D eigenvalue weighted by molar-refractivity contribution is 9.10. The van der Waals surface area contributed by atoms with Gasteiger partial charge in [0.1, 0.15) is 12.3 Å². The highest BCUT2D eigenvalue weighted by Crippen LogP contribution is 2.22. The molecule has 1 amide bonds. The summed E-state index contributed by atoms with van der Waals surface area (Å²) in [5, 5.41) is 3.96. The van der Waals surface area contributed by atoms with Gasteiger partial charge in [0.15, 0.2) is 4.67 Å². The fourth-order valence-corrected chi connectivity index (χ4v) is 2.30. The monoisotopic (exact) mass is 359 g/mol. The van der Waals surface area contributed by atoms with Gasteiger partial charge in [0, 0.05) is 5.56 Å². The highest BCUT2D eigenvalue weighted by atomic mass is 79.9. The first kappa shape index (κ1) is 14.6. The van der Waals surface area contributed by atoms with Crippen LogP contribution in [-0.4, -0.2) is 10.9 Å². The lowest BCUT2D eigenvalue weighted by Crippen LogP contribution is -2.15. The molecule has 2 aromatic heterocycles. The molecule has 0 unspecified atom stereocenters. The molecule has 0 N–H and O–H groups in total. The summed E-state index contributed by atoms with van der Waals surface area (Å²) in [6, 6.07) is 12.9. The topological polar surface area (TPSA) is 70.3 Å². The van der Waals surface area contributed by atoms with Crippen LogP contribution in [0.3, 0.4) is 0 Å². The van der Waals surface area contributed by atoms with Crippen LogP contribution in [0, 0.1) is 6.92 Å². The van der Waals surface area contributed by atoms with E-state index in [-0.39, 0.29) is 12.3 Å². The molecule has 22 heavy (non-hydrogen) atoms. The zero-order chi connectivity index (χ0) is 15.5. The number of hydrogen-bond acceptors (Lipinski definition) is 4. The van der Waals surface area contributed by atoms with Crippen LogP contribution in [0.5, 0.6) is 0 Å². The van der Waals surface area contributed by atoms with Gasteiger partial charge in [0.05, 0.1) is 5.69 Å². The van der Waals surface area contributed by atoms with Gasteiger partial charge in [-0.05, 0) is 47.1 Å². The number of amides is 1. The second-order valence-corrected chi connectivity index (χ2v) is 5.41. The van der Waals surface area contributed by atoms with Gasteiger partial charge >= 0.3 is 5.91 Å². The van der Waals surface area contributed by atoms with Crippen molar-refractivity contribution in [3.05, 3.63) is 64.3 Å². The lowest BCUT2D eigenvalue weighted by molar-refractivity contribution is 0.0915. The Bertz CT molecular complexity index is 793.